The van der Waals surface area contributed by atoms with Crippen LogP contribution in [0.5, 0.6) is 0 Å². The lowest BCUT2D eigenvalue weighted by Gasteiger charge is -2.08. The molecule has 0 aromatic heterocycles. The van der Waals surface area contributed by atoms with Crippen molar-refractivity contribution in [2.75, 3.05) is 13.7 Å². The molecule has 0 aliphatic rings. The molecule has 0 spiro atoms. The number of rotatable bonds is 6. The van der Waals surface area contributed by atoms with Gasteiger partial charge in [0.1, 0.15) is 5.82 Å². The summed E-state index contributed by atoms with van der Waals surface area (Å²) >= 11 is 0. The van der Waals surface area contributed by atoms with Crippen molar-refractivity contribution in [3.63, 3.8) is 0 Å². The number of nitrogens with one attached hydrogen (secondary N) is 1. The number of halogens is 1. The second-order valence-corrected chi connectivity index (χ2v) is 4.30. The fraction of sp³-hybridized carbons (Fsp3) is 0.125. The van der Waals surface area contributed by atoms with Crippen LogP contribution in [-0.2, 0) is 9.53 Å². The molecule has 1 N–H and O–H groups in total. The maximum Gasteiger partial charge on any atom is 0.227 e. The summed E-state index contributed by atoms with van der Waals surface area (Å²) in [4.78, 5) is 10.3. The molecule has 0 heterocycles. The number of carbonyl (C=O) groups is 1. The van der Waals surface area contributed by atoms with Gasteiger partial charge in [-0.15, -0.1) is 0 Å². The van der Waals surface area contributed by atoms with E-state index in [1.54, 1.807) is 12.1 Å². The summed E-state index contributed by atoms with van der Waals surface area (Å²) in [6.45, 7) is 0.172. The highest BCUT2D eigenvalue weighted by atomic mass is 19.1. The van der Waals surface area contributed by atoms with E-state index in [1.807, 2.05) is 30.3 Å². The molecule has 0 saturated carbocycles. The van der Waals surface area contributed by atoms with Crippen molar-refractivity contribution in [2.45, 2.75) is 0 Å². The van der Waals surface area contributed by atoms with Gasteiger partial charge in [-0.25, -0.2) is 9.82 Å². The van der Waals surface area contributed by atoms with E-state index in [1.165, 1.54) is 13.2 Å². The van der Waals surface area contributed by atoms with E-state index >= 15 is 0 Å². The van der Waals surface area contributed by atoms with E-state index in [9.17, 15) is 9.18 Å². The highest BCUT2D eigenvalue weighted by Crippen LogP contribution is 2.23. The summed E-state index contributed by atoms with van der Waals surface area (Å²) < 4.78 is 19.3. The first-order chi connectivity index (χ1) is 10.3. The van der Waals surface area contributed by atoms with Gasteiger partial charge in [0.2, 0.25) is 6.41 Å². The minimum atomic E-state index is -0.353. The van der Waals surface area contributed by atoms with Crippen LogP contribution in [0.4, 0.5) is 4.39 Å². The molecule has 0 radical (unpaired) electrons. The van der Waals surface area contributed by atoms with Crippen LogP contribution in [0.15, 0.2) is 53.6 Å². The Morgan fingerprint density at radius 2 is 2.05 bits per heavy atom. The first-order valence-electron chi connectivity index (χ1n) is 6.36. The molecule has 2 aromatic carbocycles. The zero-order valence-corrected chi connectivity index (χ0v) is 11.5. The molecular weight excluding hydrogens is 271 g/mol. The van der Waals surface area contributed by atoms with Crippen molar-refractivity contribution < 1.29 is 13.9 Å². The smallest absolute Gasteiger partial charge is 0.227 e. The van der Waals surface area contributed by atoms with Gasteiger partial charge in [0.05, 0.1) is 12.3 Å². The Morgan fingerprint density at radius 1 is 1.29 bits per heavy atom. The topological polar surface area (TPSA) is 50.7 Å². The molecule has 5 heteroatoms. The van der Waals surface area contributed by atoms with Crippen LogP contribution in [0.25, 0.3) is 11.1 Å². The first kappa shape index (κ1) is 14.9. The third-order valence-electron chi connectivity index (χ3n) is 2.92. The Labute approximate surface area is 122 Å². The van der Waals surface area contributed by atoms with Crippen LogP contribution >= 0.6 is 0 Å². The van der Waals surface area contributed by atoms with Crippen molar-refractivity contribution >= 4 is 12.1 Å². The predicted octanol–water partition coefficient (Wildman–Crippen LogP) is 2.59. The number of carbonyl (C=O) groups excluding carboxylic acids is 1. The van der Waals surface area contributed by atoms with Gasteiger partial charge in [-0.1, -0.05) is 42.5 Å². The van der Waals surface area contributed by atoms with Crippen molar-refractivity contribution in [1.29, 1.82) is 0 Å². The Morgan fingerprint density at radius 3 is 2.67 bits per heavy atom. The number of benzene rings is 2. The summed E-state index contributed by atoms with van der Waals surface area (Å²) in [5, 5.41) is 3.85. The Hall–Kier alpha value is -2.53. The van der Waals surface area contributed by atoms with Gasteiger partial charge in [-0.3, -0.25) is 4.79 Å². The summed E-state index contributed by atoms with van der Waals surface area (Å²) in [5.74, 6) is -0.353. The number of hydrogen-bond donors (Lipinski definition) is 1. The monoisotopic (exact) mass is 286 g/mol. The zero-order chi connectivity index (χ0) is 15.1. The average molecular weight is 286 g/mol. The summed E-state index contributed by atoms with van der Waals surface area (Å²) in [6.07, 6.45) is 0.449. The SMILES string of the molecule is COC/C(=N\NC=O)c1ccc(-c2ccccc2)c(F)c1. The van der Waals surface area contributed by atoms with Crippen LogP contribution in [0.1, 0.15) is 5.56 Å². The average Bonchev–Trinajstić information content (AvgIpc) is 2.52. The quantitative estimate of drug-likeness (QED) is 0.504. The Bertz CT molecular complexity index is 642. The van der Waals surface area contributed by atoms with E-state index in [4.69, 9.17) is 4.74 Å². The molecule has 0 bridgehead atoms. The molecular formula is C16H15FN2O2. The first-order valence-corrected chi connectivity index (χ1v) is 6.36. The van der Waals surface area contributed by atoms with E-state index in [-0.39, 0.29) is 12.4 Å². The molecule has 21 heavy (non-hydrogen) atoms. The van der Waals surface area contributed by atoms with Crippen LogP contribution in [0, 0.1) is 5.82 Å². The molecule has 2 rings (SSSR count). The second-order valence-electron chi connectivity index (χ2n) is 4.30. The number of hydrazone groups is 1. The highest BCUT2D eigenvalue weighted by Gasteiger charge is 2.10. The normalized spacial score (nSPS) is 11.2. The van der Waals surface area contributed by atoms with Crippen LogP contribution in [-0.4, -0.2) is 25.8 Å². The number of amides is 1. The Kier molecular flexibility index (Phi) is 5.17. The molecule has 0 aliphatic heterocycles. The predicted molar refractivity (Wildman–Crippen MR) is 79.4 cm³/mol. The van der Waals surface area contributed by atoms with E-state index in [2.05, 4.69) is 10.5 Å². The summed E-state index contributed by atoms with van der Waals surface area (Å²) in [5.41, 5.74) is 4.53. The van der Waals surface area contributed by atoms with Gasteiger partial charge in [0.15, 0.2) is 0 Å². The maximum atomic E-state index is 14.3. The second kappa shape index (κ2) is 7.31. The molecule has 0 atom stereocenters. The maximum absolute atomic E-state index is 14.3. The lowest BCUT2D eigenvalue weighted by Crippen LogP contribution is -2.15. The number of ether oxygens (including phenoxy) is 1. The van der Waals surface area contributed by atoms with Gasteiger partial charge in [0.25, 0.3) is 0 Å². The van der Waals surface area contributed by atoms with E-state index in [0.717, 1.165) is 5.56 Å². The van der Waals surface area contributed by atoms with Crippen molar-refractivity contribution in [1.82, 2.24) is 5.43 Å². The fourth-order valence-corrected chi connectivity index (χ4v) is 1.97. The number of nitrogens with zero attached hydrogens (tertiary/aromatic N) is 1. The minimum absolute atomic E-state index is 0.172. The molecule has 0 unspecified atom stereocenters. The standard InChI is InChI=1S/C16H15FN2O2/c1-21-10-16(19-18-11-20)13-7-8-14(15(17)9-13)12-5-3-2-4-6-12/h2-9,11H,10H2,1H3,(H,18,20)/b19-16+. The van der Waals surface area contributed by atoms with Gasteiger partial charge in [-0.2, -0.15) is 5.10 Å². The van der Waals surface area contributed by atoms with Crippen molar-refractivity contribution in [2.24, 2.45) is 5.10 Å². The largest absolute Gasteiger partial charge is 0.378 e. The van der Waals surface area contributed by atoms with Crippen LogP contribution < -0.4 is 5.43 Å². The zero-order valence-electron chi connectivity index (χ0n) is 11.5. The van der Waals surface area contributed by atoms with Crippen molar-refractivity contribution in [3.8, 4) is 11.1 Å². The Balaban J connectivity index is 2.35. The summed E-state index contributed by atoms with van der Waals surface area (Å²) in [6, 6.07) is 14.1. The number of hydrogen-bond acceptors (Lipinski definition) is 3. The summed E-state index contributed by atoms with van der Waals surface area (Å²) in [7, 11) is 1.51. The van der Waals surface area contributed by atoms with Gasteiger partial charge < -0.3 is 4.74 Å². The third kappa shape index (κ3) is 3.73. The van der Waals surface area contributed by atoms with Gasteiger partial charge >= 0.3 is 0 Å². The van der Waals surface area contributed by atoms with E-state index in [0.29, 0.717) is 23.2 Å². The minimum Gasteiger partial charge on any atom is -0.378 e. The van der Waals surface area contributed by atoms with Gasteiger partial charge in [0, 0.05) is 18.2 Å². The fourth-order valence-electron chi connectivity index (χ4n) is 1.97. The highest BCUT2D eigenvalue weighted by molar-refractivity contribution is 6.02. The molecule has 1 amide bonds. The van der Waals surface area contributed by atoms with Crippen LogP contribution in [0.2, 0.25) is 0 Å². The van der Waals surface area contributed by atoms with E-state index < -0.39 is 0 Å². The molecule has 0 aliphatic carbocycles. The number of methoxy groups -OCH3 is 1. The van der Waals surface area contributed by atoms with Crippen LogP contribution in [0.3, 0.4) is 0 Å². The molecule has 0 fully saturated rings. The lowest BCUT2D eigenvalue weighted by atomic mass is 10.0. The third-order valence-corrected chi connectivity index (χ3v) is 2.92. The van der Waals surface area contributed by atoms with Gasteiger partial charge in [-0.05, 0) is 11.6 Å². The molecule has 108 valence electrons. The van der Waals surface area contributed by atoms with Crippen molar-refractivity contribution in [3.05, 3.63) is 59.9 Å². The molecule has 2 aromatic rings. The molecule has 4 nitrogen and oxygen atoms in total. The molecule has 0 saturated heterocycles. The lowest BCUT2D eigenvalue weighted by molar-refractivity contribution is -0.109.